The molecule has 3 fully saturated rings. The second-order valence-corrected chi connectivity index (χ2v) is 16.7. The number of benzene rings is 1. The Balaban J connectivity index is 1.90. The van der Waals surface area contributed by atoms with Gasteiger partial charge in [-0.15, -0.1) is 0 Å². The van der Waals surface area contributed by atoms with Crippen LogP contribution in [0.5, 0.6) is 0 Å². The van der Waals surface area contributed by atoms with Crippen molar-refractivity contribution < 1.29 is 14.5 Å². The van der Waals surface area contributed by atoms with Gasteiger partial charge in [-0.2, -0.15) is 15.2 Å². The molecule has 0 aromatic heterocycles. The van der Waals surface area contributed by atoms with Crippen LogP contribution in [0, 0.1) is 0 Å². The first-order valence-electron chi connectivity index (χ1n) is 16.6. The predicted octanol–water partition coefficient (Wildman–Crippen LogP) is 8.58. The molecule has 0 amide bonds. The fraction of sp³-hybridized carbons (Fsp3) is 0.833. The molecule has 6 heteroatoms. The molecule has 3 aliphatic rings. The molecule has 3 unspecified atom stereocenters. The molecule has 0 aliphatic carbocycles. The van der Waals surface area contributed by atoms with E-state index in [2.05, 4.69) is 137 Å². The molecule has 4 rings (SSSR count). The van der Waals surface area contributed by atoms with Gasteiger partial charge in [-0.05, 0) is 140 Å². The maximum absolute atomic E-state index is 6.33. The number of hydroxylamine groups is 6. The molecule has 42 heavy (non-hydrogen) atoms. The van der Waals surface area contributed by atoms with E-state index in [0.717, 1.165) is 19.3 Å². The van der Waals surface area contributed by atoms with Crippen LogP contribution in [0.4, 0.5) is 0 Å². The van der Waals surface area contributed by atoms with Crippen LogP contribution in [0.15, 0.2) is 18.2 Å². The molecule has 240 valence electrons. The van der Waals surface area contributed by atoms with Crippen LogP contribution < -0.4 is 0 Å². The van der Waals surface area contributed by atoms with Gasteiger partial charge in [-0.3, -0.25) is 14.5 Å². The minimum absolute atomic E-state index is 0.0544. The molecule has 3 saturated heterocycles. The van der Waals surface area contributed by atoms with Gasteiger partial charge >= 0.3 is 0 Å². The largest absolute Gasteiger partial charge is 0.298 e. The Morgan fingerprint density at radius 2 is 0.690 bits per heavy atom. The standard InChI is InChI=1S/C36H63N3O3/c1-16-40-37-31(4,5)22-28(34(37,10)11)25-19-26(29-23-32(6,7)38(41-17-2)35(29,12)13)21-27(20-25)30-24-33(8,9)39(42-18-3)36(30,14)15/h19-21,28-30H,16-18,22-24H2,1-15H3. The van der Waals surface area contributed by atoms with Crippen molar-refractivity contribution in [2.75, 3.05) is 19.8 Å². The minimum Gasteiger partial charge on any atom is -0.298 e. The van der Waals surface area contributed by atoms with Crippen LogP contribution in [0.25, 0.3) is 0 Å². The van der Waals surface area contributed by atoms with Gasteiger partial charge in [0.05, 0.1) is 19.8 Å². The van der Waals surface area contributed by atoms with Crippen LogP contribution in [-0.2, 0) is 14.5 Å². The van der Waals surface area contributed by atoms with Gasteiger partial charge in [-0.1, -0.05) is 18.2 Å². The average Bonchev–Trinajstić information content (AvgIpc) is 3.26. The molecular weight excluding hydrogens is 522 g/mol. The normalized spacial score (nSPS) is 31.6. The molecule has 0 bridgehead atoms. The van der Waals surface area contributed by atoms with Crippen LogP contribution in [0.3, 0.4) is 0 Å². The van der Waals surface area contributed by atoms with E-state index in [9.17, 15) is 0 Å². The summed E-state index contributed by atoms with van der Waals surface area (Å²) in [5.41, 5.74) is 3.74. The molecule has 0 saturated carbocycles. The first kappa shape index (κ1) is 33.9. The van der Waals surface area contributed by atoms with E-state index >= 15 is 0 Å². The van der Waals surface area contributed by atoms with Crippen LogP contribution in [0.1, 0.15) is 158 Å². The maximum atomic E-state index is 6.33. The lowest BCUT2D eigenvalue weighted by atomic mass is 9.73. The van der Waals surface area contributed by atoms with E-state index in [4.69, 9.17) is 14.5 Å². The fourth-order valence-electron chi connectivity index (χ4n) is 9.56. The Morgan fingerprint density at radius 1 is 0.476 bits per heavy atom. The first-order valence-corrected chi connectivity index (χ1v) is 16.6. The Bertz CT molecular complexity index is 972. The summed E-state index contributed by atoms with van der Waals surface area (Å²) < 4.78 is 0. The third-order valence-electron chi connectivity index (χ3n) is 10.9. The summed E-state index contributed by atoms with van der Waals surface area (Å²) in [6.07, 6.45) is 3.16. The van der Waals surface area contributed by atoms with Gasteiger partial charge in [0.1, 0.15) is 0 Å². The second kappa shape index (κ2) is 11.1. The monoisotopic (exact) mass is 585 g/mol. The Hall–Kier alpha value is -1.02. The first-order chi connectivity index (χ1) is 19.2. The summed E-state index contributed by atoms with van der Waals surface area (Å²) in [4.78, 5) is 19.0. The van der Waals surface area contributed by atoms with E-state index in [1.54, 1.807) is 0 Å². The molecule has 0 radical (unpaired) electrons. The Morgan fingerprint density at radius 3 is 0.881 bits per heavy atom. The predicted molar refractivity (Wildman–Crippen MR) is 173 cm³/mol. The average molecular weight is 586 g/mol. The van der Waals surface area contributed by atoms with Crippen LogP contribution >= 0.6 is 0 Å². The molecule has 0 spiro atoms. The number of hydrogen-bond acceptors (Lipinski definition) is 6. The Kier molecular flexibility index (Phi) is 8.95. The van der Waals surface area contributed by atoms with Crippen molar-refractivity contribution in [3.63, 3.8) is 0 Å². The molecule has 0 N–H and O–H groups in total. The van der Waals surface area contributed by atoms with Gasteiger partial charge < -0.3 is 0 Å². The highest BCUT2D eigenvalue weighted by molar-refractivity contribution is 5.42. The topological polar surface area (TPSA) is 37.4 Å². The molecular formula is C36H63N3O3. The Labute approximate surface area is 258 Å². The second-order valence-electron chi connectivity index (χ2n) is 16.7. The summed E-state index contributed by atoms with van der Waals surface area (Å²) in [5.74, 6) is 1.04. The molecule has 6 nitrogen and oxygen atoms in total. The number of rotatable bonds is 9. The summed E-state index contributed by atoms with van der Waals surface area (Å²) in [7, 11) is 0. The summed E-state index contributed by atoms with van der Waals surface area (Å²) >= 11 is 0. The molecule has 3 atom stereocenters. The highest BCUT2D eigenvalue weighted by Gasteiger charge is 2.57. The van der Waals surface area contributed by atoms with Gasteiger partial charge in [0.15, 0.2) is 0 Å². The zero-order valence-corrected chi connectivity index (χ0v) is 29.8. The van der Waals surface area contributed by atoms with Gasteiger partial charge in [-0.25, -0.2) is 0 Å². The van der Waals surface area contributed by atoms with Gasteiger partial charge in [0, 0.05) is 51.0 Å². The van der Waals surface area contributed by atoms with Crippen molar-refractivity contribution in [3.8, 4) is 0 Å². The van der Waals surface area contributed by atoms with Crippen molar-refractivity contribution >= 4 is 0 Å². The van der Waals surface area contributed by atoms with Crippen molar-refractivity contribution in [1.29, 1.82) is 0 Å². The SMILES string of the molecule is CCON1C(C)(C)CC(c2cc(C3CC(C)(C)N(OCC)C3(C)C)cc(C3CC(C)(C)N(OCC)C3(C)C)c2)C1(C)C. The lowest BCUT2D eigenvalue weighted by molar-refractivity contribution is -0.238. The van der Waals surface area contributed by atoms with Gasteiger partial charge in [0.25, 0.3) is 0 Å². The summed E-state index contributed by atoms with van der Waals surface area (Å²) in [6, 6.07) is 7.65. The van der Waals surface area contributed by atoms with E-state index in [0.29, 0.717) is 37.6 Å². The van der Waals surface area contributed by atoms with Crippen LogP contribution in [0.2, 0.25) is 0 Å². The summed E-state index contributed by atoms with van der Waals surface area (Å²) in [6.45, 7) is 36.6. The highest BCUT2D eigenvalue weighted by atomic mass is 16.7. The lowest BCUT2D eigenvalue weighted by Gasteiger charge is -2.41. The highest BCUT2D eigenvalue weighted by Crippen LogP contribution is 2.56. The molecule has 3 heterocycles. The number of nitrogens with zero attached hydrogens (tertiary/aromatic N) is 3. The minimum atomic E-state index is -0.140. The summed E-state index contributed by atoms with van der Waals surface area (Å²) in [5, 5.41) is 6.86. The van der Waals surface area contributed by atoms with Crippen LogP contribution in [-0.4, -0.2) is 68.2 Å². The van der Waals surface area contributed by atoms with E-state index in [-0.39, 0.29) is 33.2 Å². The van der Waals surface area contributed by atoms with E-state index in [1.165, 1.54) is 16.7 Å². The van der Waals surface area contributed by atoms with Gasteiger partial charge in [0.2, 0.25) is 0 Å². The third-order valence-corrected chi connectivity index (χ3v) is 10.9. The molecule has 1 aromatic rings. The van der Waals surface area contributed by atoms with E-state index < -0.39 is 0 Å². The third kappa shape index (κ3) is 5.51. The molecule has 1 aromatic carbocycles. The zero-order chi connectivity index (χ0) is 31.7. The van der Waals surface area contributed by atoms with E-state index in [1.807, 2.05) is 0 Å². The number of hydrogen-bond donors (Lipinski definition) is 0. The zero-order valence-electron chi connectivity index (χ0n) is 29.8. The quantitative estimate of drug-likeness (QED) is 0.289. The van der Waals surface area contributed by atoms with Crippen molar-refractivity contribution in [3.05, 3.63) is 34.9 Å². The van der Waals surface area contributed by atoms with Crippen molar-refractivity contribution in [2.45, 2.75) is 174 Å². The maximum Gasteiger partial charge on any atom is 0.0657 e. The molecule has 3 aliphatic heterocycles. The lowest BCUT2D eigenvalue weighted by Crippen LogP contribution is -2.49. The fourth-order valence-corrected chi connectivity index (χ4v) is 9.56. The van der Waals surface area contributed by atoms with Crippen molar-refractivity contribution in [2.24, 2.45) is 0 Å². The van der Waals surface area contributed by atoms with Crippen molar-refractivity contribution in [1.82, 2.24) is 15.2 Å². The smallest absolute Gasteiger partial charge is 0.0657 e.